The number of para-hydroxylation sites is 1. The average molecular weight is 369 g/mol. The standard InChI is InChI=1S/C18H19N5O2S/c1-2-25-16-10-8-14(9-11-16)17(24)19-12-13-26-18-20-21-22-23(18)15-6-4-3-5-7-15/h3-11H,2,12-13H2,1H3,(H,19,24). The van der Waals surface area contributed by atoms with Crippen LogP contribution in [0.3, 0.4) is 0 Å². The van der Waals surface area contributed by atoms with Crippen LogP contribution in [-0.4, -0.2) is 45.0 Å². The average Bonchev–Trinajstić information content (AvgIpc) is 3.15. The fourth-order valence-electron chi connectivity index (χ4n) is 2.28. The number of thioether (sulfide) groups is 1. The van der Waals surface area contributed by atoms with Gasteiger partial charge in [-0.1, -0.05) is 30.0 Å². The van der Waals surface area contributed by atoms with Crippen molar-refractivity contribution in [3.05, 3.63) is 60.2 Å². The first-order valence-electron chi connectivity index (χ1n) is 8.25. The van der Waals surface area contributed by atoms with E-state index in [1.165, 1.54) is 11.8 Å². The van der Waals surface area contributed by atoms with Crippen molar-refractivity contribution in [2.24, 2.45) is 0 Å². The van der Waals surface area contributed by atoms with Gasteiger partial charge in [0.2, 0.25) is 5.16 Å². The molecule has 2 aromatic carbocycles. The van der Waals surface area contributed by atoms with Gasteiger partial charge < -0.3 is 10.1 Å². The fraction of sp³-hybridized carbons (Fsp3) is 0.222. The number of ether oxygens (including phenoxy) is 1. The third-order valence-electron chi connectivity index (χ3n) is 3.49. The molecule has 8 heteroatoms. The third-order valence-corrected chi connectivity index (χ3v) is 4.41. The molecule has 1 aromatic heterocycles. The predicted molar refractivity (Wildman–Crippen MR) is 99.8 cm³/mol. The van der Waals surface area contributed by atoms with E-state index in [-0.39, 0.29) is 5.91 Å². The van der Waals surface area contributed by atoms with Crippen LogP contribution >= 0.6 is 11.8 Å². The van der Waals surface area contributed by atoms with Crippen LogP contribution in [0, 0.1) is 0 Å². The Morgan fingerprint density at radius 1 is 1.15 bits per heavy atom. The molecule has 1 heterocycles. The summed E-state index contributed by atoms with van der Waals surface area (Å²) in [5.41, 5.74) is 1.51. The summed E-state index contributed by atoms with van der Waals surface area (Å²) in [7, 11) is 0. The van der Waals surface area contributed by atoms with Gasteiger partial charge in [-0.3, -0.25) is 4.79 Å². The summed E-state index contributed by atoms with van der Waals surface area (Å²) in [5, 5.41) is 15.3. The molecule has 3 aromatic rings. The Morgan fingerprint density at radius 2 is 1.92 bits per heavy atom. The number of aromatic nitrogens is 4. The first kappa shape index (κ1) is 17.9. The van der Waals surface area contributed by atoms with Crippen molar-refractivity contribution in [1.82, 2.24) is 25.5 Å². The number of nitrogens with one attached hydrogen (secondary N) is 1. The van der Waals surface area contributed by atoms with Crippen molar-refractivity contribution in [3.8, 4) is 11.4 Å². The quantitative estimate of drug-likeness (QED) is 0.485. The van der Waals surface area contributed by atoms with Crippen LogP contribution in [0.4, 0.5) is 0 Å². The smallest absolute Gasteiger partial charge is 0.251 e. The molecule has 1 amide bonds. The maximum Gasteiger partial charge on any atom is 0.251 e. The summed E-state index contributed by atoms with van der Waals surface area (Å²) in [6, 6.07) is 16.8. The van der Waals surface area contributed by atoms with Gasteiger partial charge in [0.25, 0.3) is 5.91 Å². The molecule has 0 radical (unpaired) electrons. The number of hydrogen-bond acceptors (Lipinski definition) is 6. The van der Waals surface area contributed by atoms with E-state index in [0.717, 1.165) is 11.4 Å². The first-order chi connectivity index (χ1) is 12.8. The highest BCUT2D eigenvalue weighted by atomic mass is 32.2. The summed E-state index contributed by atoms with van der Waals surface area (Å²) >= 11 is 1.49. The van der Waals surface area contributed by atoms with E-state index in [4.69, 9.17) is 4.74 Å². The summed E-state index contributed by atoms with van der Waals surface area (Å²) in [4.78, 5) is 12.2. The minimum Gasteiger partial charge on any atom is -0.494 e. The molecule has 3 rings (SSSR count). The normalized spacial score (nSPS) is 10.5. The molecular weight excluding hydrogens is 350 g/mol. The van der Waals surface area contributed by atoms with Crippen molar-refractivity contribution >= 4 is 17.7 Å². The molecule has 26 heavy (non-hydrogen) atoms. The molecule has 0 aliphatic rings. The minimum absolute atomic E-state index is 0.115. The first-order valence-corrected chi connectivity index (χ1v) is 9.24. The van der Waals surface area contributed by atoms with Gasteiger partial charge in [-0.25, -0.2) is 0 Å². The molecule has 134 valence electrons. The highest BCUT2D eigenvalue weighted by Gasteiger charge is 2.09. The molecule has 0 aliphatic carbocycles. The molecule has 0 aliphatic heterocycles. The molecule has 7 nitrogen and oxygen atoms in total. The van der Waals surface area contributed by atoms with Gasteiger partial charge in [0, 0.05) is 17.9 Å². The Balaban J connectivity index is 1.49. The number of rotatable bonds is 8. The van der Waals surface area contributed by atoms with Crippen LogP contribution in [-0.2, 0) is 0 Å². The fourth-order valence-corrected chi connectivity index (χ4v) is 3.02. The molecule has 0 saturated heterocycles. The molecule has 0 spiro atoms. The number of nitrogens with zero attached hydrogens (tertiary/aromatic N) is 4. The molecule has 0 atom stereocenters. The summed E-state index contributed by atoms with van der Waals surface area (Å²) in [6.07, 6.45) is 0. The molecule has 0 unspecified atom stereocenters. The van der Waals surface area contributed by atoms with Crippen LogP contribution in [0.5, 0.6) is 5.75 Å². The van der Waals surface area contributed by atoms with Crippen molar-refractivity contribution in [1.29, 1.82) is 0 Å². The van der Waals surface area contributed by atoms with Crippen molar-refractivity contribution < 1.29 is 9.53 Å². The maximum absolute atomic E-state index is 12.2. The van der Waals surface area contributed by atoms with E-state index in [0.29, 0.717) is 29.6 Å². The van der Waals surface area contributed by atoms with Crippen molar-refractivity contribution in [3.63, 3.8) is 0 Å². The van der Waals surface area contributed by atoms with Gasteiger partial charge in [0.15, 0.2) is 0 Å². The lowest BCUT2D eigenvalue weighted by molar-refractivity contribution is 0.0956. The molecule has 0 fully saturated rings. The Morgan fingerprint density at radius 3 is 2.65 bits per heavy atom. The van der Waals surface area contributed by atoms with Gasteiger partial charge in [0.05, 0.1) is 12.3 Å². The second-order valence-corrected chi connectivity index (χ2v) is 6.33. The Bertz CT molecular complexity index is 836. The number of tetrazole rings is 1. The second kappa shape index (κ2) is 9.00. The minimum atomic E-state index is -0.115. The van der Waals surface area contributed by atoms with Gasteiger partial charge >= 0.3 is 0 Å². The van der Waals surface area contributed by atoms with Crippen LogP contribution in [0.15, 0.2) is 59.8 Å². The SMILES string of the molecule is CCOc1ccc(C(=O)NCCSc2nnnn2-c2ccccc2)cc1. The maximum atomic E-state index is 12.2. The van der Waals surface area contributed by atoms with E-state index in [9.17, 15) is 4.79 Å². The highest BCUT2D eigenvalue weighted by Crippen LogP contribution is 2.17. The number of carbonyl (C=O) groups is 1. The number of carbonyl (C=O) groups excluding carboxylic acids is 1. The van der Waals surface area contributed by atoms with Crippen LogP contribution < -0.4 is 10.1 Å². The van der Waals surface area contributed by atoms with Gasteiger partial charge in [-0.15, -0.1) is 5.10 Å². The zero-order valence-electron chi connectivity index (χ0n) is 14.3. The number of benzene rings is 2. The topological polar surface area (TPSA) is 81.9 Å². The Hall–Kier alpha value is -2.87. The summed E-state index contributed by atoms with van der Waals surface area (Å²) in [6.45, 7) is 3.04. The Labute approximate surface area is 155 Å². The molecule has 0 saturated carbocycles. The van der Waals surface area contributed by atoms with Crippen molar-refractivity contribution in [2.75, 3.05) is 18.9 Å². The molecular formula is C18H19N5O2S. The van der Waals surface area contributed by atoms with Gasteiger partial charge in [-0.2, -0.15) is 4.68 Å². The third kappa shape index (κ3) is 4.60. The lowest BCUT2D eigenvalue weighted by Crippen LogP contribution is -2.25. The van der Waals surface area contributed by atoms with E-state index in [1.54, 1.807) is 28.9 Å². The van der Waals surface area contributed by atoms with Gasteiger partial charge in [-0.05, 0) is 53.7 Å². The van der Waals surface area contributed by atoms with E-state index < -0.39 is 0 Å². The summed E-state index contributed by atoms with van der Waals surface area (Å²) < 4.78 is 7.05. The molecule has 1 N–H and O–H groups in total. The zero-order chi connectivity index (χ0) is 18.2. The second-order valence-electron chi connectivity index (χ2n) is 5.27. The Kier molecular flexibility index (Phi) is 6.21. The predicted octanol–water partition coefficient (Wildman–Crippen LogP) is 2.58. The van der Waals surface area contributed by atoms with Gasteiger partial charge in [0.1, 0.15) is 5.75 Å². The number of hydrogen-bond donors (Lipinski definition) is 1. The lowest BCUT2D eigenvalue weighted by atomic mass is 10.2. The highest BCUT2D eigenvalue weighted by molar-refractivity contribution is 7.99. The van der Waals surface area contributed by atoms with Crippen LogP contribution in [0.2, 0.25) is 0 Å². The summed E-state index contributed by atoms with van der Waals surface area (Å²) in [5.74, 6) is 1.30. The van der Waals surface area contributed by atoms with E-state index in [2.05, 4.69) is 20.8 Å². The molecule has 0 bridgehead atoms. The zero-order valence-corrected chi connectivity index (χ0v) is 15.1. The monoisotopic (exact) mass is 369 g/mol. The largest absolute Gasteiger partial charge is 0.494 e. The van der Waals surface area contributed by atoms with E-state index in [1.807, 2.05) is 37.3 Å². The van der Waals surface area contributed by atoms with Crippen LogP contribution in [0.1, 0.15) is 17.3 Å². The van der Waals surface area contributed by atoms with Crippen LogP contribution in [0.25, 0.3) is 5.69 Å². The van der Waals surface area contributed by atoms with E-state index >= 15 is 0 Å². The van der Waals surface area contributed by atoms with Crippen molar-refractivity contribution in [2.45, 2.75) is 12.1 Å². The number of amides is 1. The lowest BCUT2D eigenvalue weighted by Gasteiger charge is -2.07.